The predicted octanol–water partition coefficient (Wildman–Crippen LogP) is 11.8. The zero-order valence-electron chi connectivity index (χ0n) is 49.5. The van der Waals surface area contributed by atoms with Crippen molar-refractivity contribution in [2.45, 2.75) is 321 Å². The average molecular weight is 1080 g/mol. The van der Waals surface area contributed by atoms with Crippen molar-refractivity contribution in [1.29, 1.82) is 0 Å². The summed E-state index contributed by atoms with van der Waals surface area (Å²) in [5.74, 6) is -1.70. The van der Waals surface area contributed by atoms with Gasteiger partial charge in [0.05, 0.1) is 50.5 Å². The first-order valence-corrected chi connectivity index (χ1v) is 32.0. The third-order valence-electron chi connectivity index (χ3n) is 15.3. The van der Waals surface area contributed by atoms with E-state index in [0.29, 0.717) is 65.0 Å². The molecule has 1 rings (SSSR count). The topological polar surface area (TPSA) is 198 Å². The second kappa shape index (κ2) is 50.8. The second-order valence-corrected chi connectivity index (χ2v) is 22.8. The van der Waals surface area contributed by atoms with Gasteiger partial charge in [0.15, 0.2) is 0 Å². The van der Waals surface area contributed by atoms with Gasteiger partial charge in [-0.15, -0.1) is 0 Å². The van der Waals surface area contributed by atoms with Crippen LogP contribution in [0.3, 0.4) is 0 Å². The van der Waals surface area contributed by atoms with Gasteiger partial charge in [0, 0.05) is 52.1 Å². The third-order valence-corrected chi connectivity index (χ3v) is 15.3. The highest BCUT2D eigenvalue weighted by atomic mass is 16.5. The number of nitrogens with one attached hydrogen (secondary N) is 2. The van der Waals surface area contributed by atoms with Gasteiger partial charge in [0.25, 0.3) is 0 Å². The number of esters is 2. The van der Waals surface area contributed by atoms with Gasteiger partial charge in [0.1, 0.15) is 12.1 Å². The molecule has 6 atom stereocenters. The number of carbonyl (C=O) groups is 4. The Hall–Kier alpha value is -2.36. The van der Waals surface area contributed by atoms with Crippen LogP contribution in [0.2, 0.25) is 0 Å². The molecule has 0 aliphatic carbocycles. The summed E-state index contributed by atoms with van der Waals surface area (Å²) in [4.78, 5) is 55.9. The number of ether oxygens (including phenoxy) is 2. The van der Waals surface area contributed by atoms with Crippen LogP contribution in [0.15, 0.2) is 0 Å². The van der Waals surface area contributed by atoms with Gasteiger partial charge in [-0.3, -0.25) is 29.0 Å². The van der Waals surface area contributed by atoms with Crippen molar-refractivity contribution in [3.63, 3.8) is 0 Å². The highest BCUT2D eigenvalue weighted by Crippen LogP contribution is 2.17. The zero-order chi connectivity index (χ0) is 55.7. The largest absolute Gasteiger partial charge is 0.466 e. The van der Waals surface area contributed by atoms with Crippen LogP contribution in [0.4, 0.5) is 0 Å². The van der Waals surface area contributed by atoms with Crippen LogP contribution < -0.4 is 10.6 Å². The van der Waals surface area contributed by atoms with Crippen LogP contribution in [0.5, 0.6) is 0 Å². The van der Waals surface area contributed by atoms with Crippen LogP contribution in [0.1, 0.15) is 285 Å². The van der Waals surface area contributed by atoms with Crippen LogP contribution in [-0.4, -0.2) is 143 Å². The van der Waals surface area contributed by atoms with Gasteiger partial charge in [0.2, 0.25) is 11.8 Å². The number of carbonyl (C=O) groups excluding carboxylic acids is 4. The summed E-state index contributed by atoms with van der Waals surface area (Å²) in [5.41, 5.74) is 0. The SMILES string of the molecule is CCCCCCCCCCC(O)CN(CCC(=O)OCCC1NC(=O)C(CCOC(=O)CCN(CC(O)CCCCCCCCCC)CC(O)CCCCCCCCCC)NC1=O)CC(O)CCCCCCCCCC. The molecule has 76 heavy (non-hydrogen) atoms. The molecule has 1 aliphatic heterocycles. The standard InChI is InChI=1S/C62H120N4O10/c1-5-9-13-17-21-25-29-33-37-53(67)49-65(50-54(68)38-34-30-26-22-18-14-10-6-2)45-41-59(71)75-47-43-57-61(73)64-58(62(74)63-57)44-48-76-60(72)42-46-66(51-55(69)39-35-31-27-23-19-15-11-7-3)52-56(70)40-36-32-28-24-20-16-12-8-4/h53-58,67-70H,5-52H2,1-4H3,(H,63,74)(H,64,73). The summed E-state index contributed by atoms with van der Waals surface area (Å²) in [5, 5.41) is 49.3. The lowest BCUT2D eigenvalue weighted by Gasteiger charge is -2.29. The number of hydrogen-bond acceptors (Lipinski definition) is 12. The third kappa shape index (κ3) is 42.6. The molecule has 0 aromatic heterocycles. The summed E-state index contributed by atoms with van der Waals surface area (Å²) in [6, 6.07) is -1.76. The maximum Gasteiger partial charge on any atom is 0.307 e. The molecule has 2 amide bonds. The van der Waals surface area contributed by atoms with Crippen LogP contribution in [0.25, 0.3) is 0 Å². The molecule has 1 saturated heterocycles. The summed E-state index contributed by atoms with van der Waals surface area (Å²) in [6.45, 7) is 10.9. The summed E-state index contributed by atoms with van der Waals surface area (Å²) < 4.78 is 11.0. The Morgan fingerprint density at radius 1 is 0.395 bits per heavy atom. The van der Waals surface area contributed by atoms with E-state index in [1.54, 1.807) is 0 Å². The van der Waals surface area contributed by atoms with Crippen LogP contribution in [0, 0.1) is 0 Å². The number of aliphatic hydroxyl groups excluding tert-OH is 4. The number of hydrogen-bond donors (Lipinski definition) is 6. The molecule has 0 saturated carbocycles. The number of piperazine rings is 1. The Kier molecular flexibility index (Phi) is 47.9. The molecule has 1 aliphatic rings. The number of unbranched alkanes of at least 4 members (excludes halogenated alkanes) is 28. The number of rotatable bonds is 56. The van der Waals surface area contributed by atoms with E-state index in [2.05, 4.69) is 38.3 Å². The van der Waals surface area contributed by atoms with E-state index in [1.807, 2.05) is 9.80 Å². The summed E-state index contributed by atoms with van der Waals surface area (Å²) in [7, 11) is 0. The van der Waals surface area contributed by atoms with Crippen molar-refractivity contribution < 1.29 is 49.1 Å². The Bertz CT molecular complexity index is 1220. The lowest BCUT2D eigenvalue weighted by molar-refractivity contribution is -0.147. The minimum Gasteiger partial charge on any atom is -0.466 e. The first kappa shape index (κ1) is 71.7. The maximum atomic E-state index is 13.0. The van der Waals surface area contributed by atoms with Crippen molar-refractivity contribution in [1.82, 2.24) is 20.4 Å². The smallest absolute Gasteiger partial charge is 0.307 e. The normalized spacial score (nSPS) is 16.4. The van der Waals surface area contributed by atoms with E-state index in [4.69, 9.17) is 9.47 Å². The highest BCUT2D eigenvalue weighted by molar-refractivity contribution is 5.96. The lowest BCUT2D eigenvalue weighted by atomic mass is 10.0. The van der Waals surface area contributed by atoms with E-state index >= 15 is 0 Å². The van der Waals surface area contributed by atoms with Gasteiger partial charge in [-0.25, -0.2) is 0 Å². The molecule has 6 N–H and O–H groups in total. The number of aliphatic hydroxyl groups is 4. The average Bonchev–Trinajstić information content (AvgIpc) is 3.39. The van der Waals surface area contributed by atoms with Crippen molar-refractivity contribution in [2.24, 2.45) is 0 Å². The highest BCUT2D eigenvalue weighted by Gasteiger charge is 2.33. The molecule has 0 aromatic carbocycles. The van der Waals surface area contributed by atoms with Gasteiger partial charge < -0.3 is 40.5 Å². The monoisotopic (exact) mass is 1080 g/mol. The maximum absolute atomic E-state index is 13.0. The Morgan fingerprint density at radius 3 is 0.855 bits per heavy atom. The second-order valence-electron chi connectivity index (χ2n) is 22.8. The van der Waals surface area contributed by atoms with Crippen molar-refractivity contribution in [3.05, 3.63) is 0 Å². The van der Waals surface area contributed by atoms with Crippen molar-refractivity contribution in [2.75, 3.05) is 52.5 Å². The molecule has 0 aromatic rings. The summed E-state index contributed by atoms with van der Waals surface area (Å²) >= 11 is 0. The molecule has 14 nitrogen and oxygen atoms in total. The zero-order valence-corrected chi connectivity index (χ0v) is 49.5. The fraction of sp³-hybridized carbons (Fsp3) is 0.935. The van der Waals surface area contributed by atoms with E-state index in [-0.39, 0.29) is 38.9 Å². The van der Waals surface area contributed by atoms with Crippen LogP contribution in [-0.2, 0) is 28.7 Å². The van der Waals surface area contributed by atoms with Gasteiger partial charge in [-0.05, 0) is 25.7 Å². The van der Waals surface area contributed by atoms with Crippen LogP contribution >= 0.6 is 0 Å². The molecule has 1 heterocycles. The molecule has 0 spiro atoms. The minimum atomic E-state index is -0.878. The summed E-state index contributed by atoms with van der Waals surface area (Å²) in [6.07, 6.45) is 38.9. The lowest BCUT2D eigenvalue weighted by Crippen LogP contribution is -2.62. The van der Waals surface area contributed by atoms with Crippen molar-refractivity contribution in [3.8, 4) is 0 Å². The van der Waals surface area contributed by atoms with Gasteiger partial charge >= 0.3 is 11.9 Å². The molecular formula is C62H120N4O10. The Morgan fingerprint density at radius 2 is 0.618 bits per heavy atom. The molecule has 448 valence electrons. The fourth-order valence-electron chi connectivity index (χ4n) is 10.4. The van der Waals surface area contributed by atoms with Crippen molar-refractivity contribution >= 4 is 23.8 Å². The van der Waals surface area contributed by atoms with E-state index in [1.165, 1.54) is 154 Å². The van der Waals surface area contributed by atoms with E-state index in [9.17, 15) is 39.6 Å². The first-order valence-electron chi connectivity index (χ1n) is 32.0. The Labute approximate surface area is 465 Å². The Balaban J connectivity index is 2.57. The van der Waals surface area contributed by atoms with Gasteiger partial charge in [-0.2, -0.15) is 0 Å². The first-order chi connectivity index (χ1) is 36.9. The molecular weight excluding hydrogens is 961 g/mol. The fourth-order valence-corrected chi connectivity index (χ4v) is 10.4. The van der Waals surface area contributed by atoms with E-state index < -0.39 is 60.3 Å². The quantitative estimate of drug-likeness (QED) is 0.0249. The molecule has 14 heteroatoms. The van der Waals surface area contributed by atoms with Gasteiger partial charge in [-0.1, -0.05) is 233 Å². The molecule has 0 radical (unpaired) electrons. The van der Waals surface area contributed by atoms with E-state index in [0.717, 1.165) is 51.4 Å². The molecule has 1 fully saturated rings. The molecule has 6 unspecified atom stereocenters. The predicted molar refractivity (Wildman–Crippen MR) is 310 cm³/mol. The number of amides is 2. The molecule has 0 bridgehead atoms. The minimum absolute atomic E-state index is 0.0644. The number of nitrogens with zero attached hydrogens (tertiary/aromatic N) is 2.